The van der Waals surface area contributed by atoms with Crippen molar-refractivity contribution in [2.45, 2.75) is 12.5 Å². The highest BCUT2D eigenvalue weighted by Crippen LogP contribution is 2.28. The topological polar surface area (TPSA) is 60.3 Å². The van der Waals surface area contributed by atoms with Gasteiger partial charge in [-0.05, 0) is 33.6 Å². The Morgan fingerprint density at radius 3 is 2.95 bits per heavy atom. The van der Waals surface area contributed by atoms with Crippen LogP contribution in [-0.4, -0.2) is 16.6 Å². The third-order valence-electron chi connectivity index (χ3n) is 3.35. The number of carbonyl (C=O) groups is 1. The lowest BCUT2D eigenvalue weighted by molar-refractivity contribution is -0.122. The zero-order chi connectivity index (χ0) is 15.0. The van der Waals surface area contributed by atoms with E-state index in [4.69, 9.17) is 4.74 Å². The lowest BCUT2D eigenvalue weighted by Crippen LogP contribution is -2.34. The van der Waals surface area contributed by atoms with Crippen LogP contribution in [0.5, 0.6) is 5.75 Å². The Hall–Kier alpha value is -2.08. The average molecular weight is 349 g/mol. The van der Waals surface area contributed by atoms with E-state index in [2.05, 4.69) is 21.2 Å². The third kappa shape index (κ3) is 2.71. The summed E-state index contributed by atoms with van der Waals surface area (Å²) in [6.45, 7) is 0. The molecule has 1 amide bonds. The zero-order valence-electron chi connectivity index (χ0n) is 11.3. The summed E-state index contributed by atoms with van der Waals surface area (Å²) in [5.41, 5.74) is 0.971. The van der Waals surface area contributed by atoms with Gasteiger partial charge in [0.15, 0.2) is 6.10 Å². The molecule has 0 bridgehead atoms. The fraction of sp³-hybridized carbons (Fsp3) is 0.200. The number of hydrogen-bond acceptors (Lipinski definition) is 3. The number of benzene rings is 1. The van der Waals surface area contributed by atoms with Crippen molar-refractivity contribution < 1.29 is 9.53 Å². The molecular formula is C15H13BrN2O3. The van der Waals surface area contributed by atoms with Gasteiger partial charge < -0.3 is 14.6 Å². The molecule has 2 aromatic rings. The van der Waals surface area contributed by atoms with E-state index in [9.17, 15) is 9.59 Å². The maximum atomic E-state index is 12.3. The van der Waals surface area contributed by atoms with Gasteiger partial charge in [0, 0.05) is 24.1 Å². The van der Waals surface area contributed by atoms with Gasteiger partial charge in [0.25, 0.3) is 11.5 Å². The second kappa shape index (κ2) is 5.37. The molecule has 1 aliphatic rings. The Balaban J connectivity index is 1.79. The van der Waals surface area contributed by atoms with E-state index in [-0.39, 0.29) is 17.2 Å². The lowest BCUT2D eigenvalue weighted by Gasteiger charge is -2.12. The smallest absolute Gasteiger partial charge is 0.274 e. The SMILES string of the molecule is Cn1cc(Br)cc(NC(=O)[C@@H]2Cc3ccccc3O2)c1=O. The molecule has 1 aromatic carbocycles. The number of nitrogens with one attached hydrogen (secondary N) is 1. The number of hydrogen-bond donors (Lipinski definition) is 1. The summed E-state index contributed by atoms with van der Waals surface area (Å²) in [6, 6.07) is 9.12. The molecule has 0 radical (unpaired) electrons. The van der Waals surface area contributed by atoms with Crippen molar-refractivity contribution in [3.8, 4) is 5.75 Å². The summed E-state index contributed by atoms with van der Waals surface area (Å²) in [7, 11) is 1.63. The van der Waals surface area contributed by atoms with Gasteiger partial charge in [-0.15, -0.1) is 0 Å². The van der Waals surface area contributed by atoms with Gasteiger partial charge >= 0.3 is 0 Å². The summed E-state index contributed by atoms with van der Waals surface area (Å²) < 4.78 is 7.73. The molecule has 2 heterocycles. The van der Waals surface area contributed by atoms with Gasteiger partial charge in [-0.3, -0.25) is 9.59 Å². The van der Waals surface area contributed by atoms with Crippen LogP contribution in [0.2, 0.25) is 0 Å². The predicted octanol–water partition coefficient (Wildman–Crippen LogP) is 2.09. The average Bonchev–Trinajstić information content (AvgIpc) is 2.88. The van der Waals surface area contributed by atoms with E-state index in [0.29, 0.717) is 6.42 Å². The second-order valence-electron chi connectivity index (χ2n) is 4.90. The number of aryl methyl sites for hydroxylation is 1. The number of fused-ring (bicyclic) bond motifs is 1. The molecule has 0 unspecified atom stereocenters. The first-order chi connectivity index (χ1) is 10.0. The Morgan fingerprint density at radius 2 is 2.19 bits per heavy atom. The van der Waals surface area contributed by atoms with Crippen LogP contribution in [0.1, 0.15) is 5.56 Å². The van der Waals surface area contributed by atoms with Gasteiger partial charge in [0.05, 0.1) is 0 Å². The molecule has 21 heavy (non-hydrogen) atoms. The number of para-hydroxylation sites is 1. The van der Waals surface area contributed by atoms with E-state index in [0.717, 1.165) is 15.8 Å². The molecular weight excluding hydrogens is 336 g/mol. The van der Waals surface area contributed by atoms with E-state index in [1.54, 1.807) is 19.3 Å². The molecule has 6 heteroatoms. The molecule has 0 aliphatic carbocycles. The number of halogens is 1. The van der Waals surface area contributed by atoms with Crippen molar-refractivity contribution in [3.63, 3.8) is 0 Å². The first kappa shape index (κ1) is 13.9. The molecule has 5 nitrogen and oxygen atoms in total. The quantitative estimate of drug-likeness (QED) is 0.903. The van der Waals surface area contributed by atoms with Crippen molar-refractivity contribution in [2.24, 2.45) is 7.05 Å². The number of rotatable bonds is 2. The molecule has 0 saturated carbocycles. The molecule has 3 rings (SSSR count). The van der Waals surface area contributed by atoms with Gasteiger partial charge in [-0.2, -0.15) is 0 Å². The number of nitrogens with zero attached hydrogens (tertiary/aromatic N) is 1. The van der Waals surface area contributed by atoms with Crippen LogP contribution in [0.4, 0.5) is 5.69 Å². The fourth-order valence-corrected chi connectivity index (χ4v) is 2.84. The Kier molecular flexibility index (Phi) is 3.55. The first-order valence-corrected chi connectivity index (χ1v) is 7.25. The normalized spacial score (nSPS) is 16.2. The van der Waals surface area contributed by atoms with Crippen LogP contribution >= 0.6 is 15.9 Å². The number of anilines is 1. The molecule has 0 saturated heterocycles. The molecule has 1 atom stereocenters. The number of carbonyl (C=O) groups excluding carboxylic acids is 1. The van der Waals surface area contributed by atoms with E-state index in [1.165, 1.54) is 4.57 Å². The summed E-state index contributed by atoms with van der Waals surface area (Å²) in [6.07, 6.45) is 1.54. The van der Waals surface area contributed by atoms with Gasteiger partial charge in [-0.25, -0.2) is 0 Å². The molecule has 0 fully saturated rings. The maximum absolute atomic E-state index is 12.3. The van der Waals surface area contributed by atoms with Crippen molar-refractivity contribution in [1.29, 1.82) is 0 Å². The maximum Gasteiger partial charge on any atom is 0.274 e. The number of pyridine rings is 1. The van der Waals surface area contributed by atoms with Crippen LogP contribution in [0.15, 0.2) is 45.8 Å². The minimum absolute atomic E-state index is 0.233. The number of aromatic nitrogens is 1. The highest BCUT2D eigenvalue weighted by molar-refractivity contribution is 9.10. The molecule has 1 aromatic heterocycles. The lowest BCUT2D eigenvalue weighted by atomic mass is 10.1. The molecule has 0 spiro atoms. The van der Waals surface area contributed by atoms with Crippen molar-refractivity contribution in [3.05, 3.63) is 56.9 Å². The van der Waals surface area contributed by atoms with Crippen LogP contribution < -0.4 is 15.6 Å². The summed E-state index contributed by atoms with van der Waals surface area (Å²) in [5.74, 6) is 0.404. The number of ether oxygens (including phenoxy) is 1. The molecule has 1 aliphatic heterocycles. The zero-order valence-corrected chi connectivity index (χ0v) is 12.9. The predicted molar refractivity (Wildman–Crippen MR) is 82.6 cm³/mol. The Labute approximate surface area is 129 Å². The molecule has 1 N–H and O–H groups in total. The highest BCUT2D eigenvalue weighted by Gasteiger charge is 2.29. The fourth-order valence-electron chi connectivity index (χ4n) is 2.30. The minimum atomic E-state index is -0.605. The van der Waals surface area contributed by atoms with Crippen LogP contribution in [0.3, 0.4) is 0 Å². The first-order valence-electron chi connectivity index (χ1n) is 6.46. The van der Waals surface area contributed by atoms with Gasteiger partial charge in [0.1, 0.15) is 11.4 Å². The molecule has 108 valence electrons. The van der Waals surface area contributed by atoms with E-state index < -0.39 is 6.10 Å². The largest absolute Gasteiger partial charge is 0.480 e. The van der Waals surface area contributed by atoms with Crippen molar-refractivity contribution in [1.82, 2.24) is 4.57 Å². The second-order valence-corrected chi connectivity index (χ2v) is 5.81. The van der Waals surface area contributed by atoms with Crippen LogP contribution in [0, 0.1) is 0 Å². The van der Waals surface area contributed by atoms with E-state index in [1.807, 2.05) is 24.3 Å². The van der Waals surface area contributed by atoms with E-state index >= 15 is 0 Å². The summed E-state index contributed by atoms with van der Waals surface area (Å²) in [5, 5.41) is 2.64. The summed E-state index contributed by atoms with van der Waals surface area (Å²) in [4.78, 5) is 24.2. The summed E-state index contributed by atoms with van der Waals surface area (Å²) >= 11 is 3.30. The van der Waals surface area contributed by atoms with Crippen LogP contribution in [-0.2, 0) is 18.3 Å². The Bertz CT molecular complexity index is 745. The third-order valence-corrected chi connectivity index (χ3v) is 3.78. The van der Waals surface area contributed by atoms with Gasteiger partial charge in [-0.1, -0.05) is 18.2 Å². The standard InChI is InChI=1S/C15H13BrN2O3/c1-18-8-10(16)7-11(15(18)20)17-14(19)13-6-9-4-2-3-5-12(9)21-13/h2-5,7-8,13H,6H2,1H3,(H,17,19)/t13-/m0/s1. The van der Waals surface area contributed by atoms with Crippen LogP contribution in [0.25, 0.3) is 0 Å². The number of amides is 1. The van der Waals surface area contributed by atoms with Crippen molar-refractivity contribution >= 4 is 27.5 Å². The highest BCUT2D eigenvalue weighted by atomic mass is 79.9. The monoisotopic (exact) mass is 348 g/mol. The minimum Gasteiger partial charge on any atom is -0.480 e. The Morgan fingerprint density at radius 1 is 1.43 bits per heavy atom. The van der Waals surface area contributed by atoms with Crippen molar-refractivity contribution in [2.75, 3.05) is 5.32 Å². The van der Waals surface area contributed by atoms with Gasteiger partial charge in [0.2, 0.25) is 0 Å².